The number of ketones is 1. The number of aromatic hydroxyl groups is 2. The lowest BCUT2D eigenvalue weighted by atomic mass is 10.0. The van der Waals surface area contributed by atoms with Crippen LogP contribution in [0.2, 0.25) is 0 Å². The summed E-state index contributed by atoms with van der Waals surface area (Å²) in [6.07, 6.45) is 0.757. The molecule has 0 radical (unpaired) electrons. The number of ether oxygens (including phenoxy) is 2. The van der Waals surface area contributed by atoms with Crippen LogP contribution in [0.15, 0.2) is 36.4 Å². The van der Waals surface area contributed by atoms with E-state index in [0.29, 0.717) is 6.42 Å². The topological polar surface area (TPSA) is 76.0 Å². The molecule has 0 saturated carbocycles. The lowest BCUT2D eigenvalue weighted by molar-refractivity contribution is 0.0976. The molecule has 22 heavy (non-hydrogen) atoms. The van der Waals surface area contributed by atoms with Crippen molar-refractivity contribution in [1.82, 2.24) is 0 Å². The first-order chi connectivity index (χ1) is 10.6. The highest BCUT2D eigenvalue weighted by Crippen LogP contribution is 2.44. The van der Waals surface area contributed by atoms with Gasteiger partial charge in [-0.3, -0.25) is 4.79 Å². The Kier molecular flexibility index (Phi) is 4.88. The van der Waals surface area contributed by atoms with Crippen LogP contribution in [0.5, 0.6) is 23.0 Å². The highest BCUT2D eigenvalue weighted by Gasteiger charge is 2.24. The van der Waals surface area contributed by atoms with Crippen LogP contribution in [0.3, 0.4) is 0 Å². The summed E-state index contributed by atoms with van der Waals surface area (Å²) in [5.74, 6) is -0.983. The predicted octanol–water partition coefficient (Wildman–Crippen LogP) is 2.93. The molecular formula is C17H18O5. The van der Waals surface area contributed by atoms with E-state index in [2.05, 4.69) is 0 Å². The minimum Gasteiger partial charge on any atom is -0.504 e. The van der Waals surface area contributed by atoms with Gasteiger partial charge in [-0.15, -0.1) is 0 Å². The smallest absolute Gasteiger partial charge is 0.203 e. The van der Waals surface area contributed by atoms with E-state index in [1.54, 1.807) is 0 Å². The second-order valence-corrected chi connectivity index (χ2v) is 4.76. The van der Waals surface area contributed by atoms with Crippen LogP contribution < -0.4 is 9.47 Å². The summed E-state index contributed by atoms with van der Waals surface area (Å²) in [5.41, 5.74) is 1.05. The number of carbonyl (C=O) groups excluding carboxylic acids is 1. The fourth-order valence-electron chi connectivity index (χ4n) is 2.27. The number of benzene rings is 2. The first-order valence-electron chi connectivity index (χ1n) is 6.82. The predicted molar refractivity (Wildman–Crippen MR) is 82.0 cm³/mol. The molecule has 0 atom stereocenters. The molecule has 0 amide bonds. The van der Waals surface area contributed by atoms with E-state index >= 15 is 0 Å². The summed E-state index contributed by atoms with van der Waals surface area (Å²) in [5, 5.41) is 19.9. The standard InChI is InChI=1S/C17H18O5/c1-21-14-10-13(19)17(22-2)16(20)15(14)12(18)9-8-11-6-4-3-5-7-11/h3-7,10,19-20H,8-9H2,1-2H3. The van der Waals surface area contributed by atoms with E-state index in [1.165, 1.54) is 20.3 Å². The van der Waals surface area contributed by atoms with Gasteiger partial charge in [-0.05, 0) is 12.0 Å². The molecule has 2 rings (SSSR count). The fourth-order valence-corrected chi connectivity index (χ4v) is 2.27. The summed E-state index contributed by atoms with van der Waals surface area (Å²) >= 11 is 0. The maximum Gasteiger partial charge on any atom is 0.203 e. The number of phenolic OH excluding ortho intramolecular Hbond substituents is 2. The second kappa shape index (κ2) is 6.85. The summed E-state index contributed by atoms with van der Waals surface area (Å²) in [7, 11) is 2.67. The minimum atomic E-state index is -0.405. The van der Waals surface area contributed by atoms with Crippen LogP contribution >= 0.6 is 0 Å². The van der Waals surface area contributed by atoms with Gasteiger partial charge in [0.25, 0.3) is 0 Å². The SMILES string of the molecule is COc1cc(O)c(OC)c(O)c1C(=O)CCc1ccccc1. The Morgan fingerprint density at radius 3 is 2.36 bits per heavy atom. The summed E-state index contributed by atoms with van der Waals surface area (Å²) in [6.45, 7) is 0. The van der Waals surface area contributed by atoms with E-state index in [1.807, 2.05) is 30.3 Å². The first kappa shape index (κ1) is 15.7. The third-order valence-corrected chi connectivity index (χ3v) is 3.39. The number of aryl methyl sites for hydroxylation is 1. The highest BCUT2D eigenvalue weighted by molar-refractivity contribution is 6.02. The molecule has 5 heteroatoms. The van der Waals surface area contributed by atoms with Crippen molar-refractivity contribution in [2.75, 3.05) is 14.2 Å². The van der Waals surface area contributed by atoms with E-state index in [9.17, 15) is 15.0 Å². The maximum atomic E-state index is 12.4. The lowest BCUT2D eigenvalue weighted by Gasteiger charge is -2.14. The second-order valence-electron chi connectivity index (χ2n) is 4.76. The Balaban J connectivity index is 2.28. The van der Waals surface area contributed by atoms with Crippen LogP contribution in [0, 0.1) is 0 Å². The van der Waals surface area contributed by atoms with Gasteiger partial charge < -0.3 is 19.7 Å². The molecule has 0 aliphatic rings. The molecule has 0 heterocycles. The molecule has 0 spiro atoms. The number of hydrogen-bond acceptors (Lipinski definition) is 5. The molecule has 5 nitrogen and oxygen atoms in total. The first-order valence-corrected chi connectivity index (χ1v) is 6.82. The fraction of sp³-hybridized carbons (Fsp3) is 0.235. The van der Waals surface area contributed by atoms with Crippen molar-refractivity contribution >= 4 is 5.78 Å². The number of methoxy groups -OCH3 is 2. The number of rotatable bonds is 6. The quantitative estimate of drug-likeness (QED) is 0.802. The van der Waals surface area contributed by atoms with Gasteiger partial charge >= 0.3 is 0 Å². The lowest BCUT2D eigenvalue weighted by Crippen LogP contribution is -2.05. The third kappa shape index (κ3) is 3.14. The molecule has 0 bridgehead atoms. The van der Waals surface area contributed by atoms with Gasteiger partial charge in [-0.25, -0.2) is 0 Å². The summed E-state index contributed by atoms with van der Waals surface area (Å²) in [6, 6.07) is 10.8. The normalized spacial score (nSPS) is 10.3. The van der Waals surface area contributed by atoms with Gasteiger partial charge in [-0.1, -0.05) is 30.3 Å². The summed E-state index contributed by atoms with van der Waals surface area (Å²) in [4.78, 5) is 12.4. The van der Waals surface area contributed by atoms with Crippen LogP contribution in [-0.2, 0) is 6.42 Å². The maximum absolute atomic E-state index is 12.4. The Hall–Kier alpha value is -2.69. The molecular weight excluding hydrogens is 284 g/mol. The van der Waals surface area contributed by atoms with E-state index < -0.39 is 5.75 Å². The van der Waals surface area contributed by atoms with E-state index in [4.69, 9.17) is 9.47 Å². The Bertz CT molecular complexity index is 664. The van der Waals surface area contributed by atoms with Gasteiger partial charge in [0.2, 0.25) is 5.75 Å². The molecule has 2 aromatic carbocycles. The van der Waals surface area contributed by atoms with E-state index in [0.717, 1.165) is 5.56 Å². The zero-order chi connectivity index (χ0) is 16.1. The molecule has 0 saturated heterocycles. The van der Waals surface area contributed by atoms with Crippen molar-refractivity contribution in [3.05, 3.63) is 47.5 Å². The van der Waals surface area contributed by atoms with Crippen molar-refractivity contribution in [3.8, 4) is 23.0 Å². The number of carbonyl (C=O) groups is 1. The monoisotopic (exact) mass is 302 g/mol. The van der Waals surface area contributed by atoms with Gasteiger partial charge in [0, 0.05) is 12.5 Å². The van der Waals surface area contributed by atoms with Crippen LogP contribution in [0.4, 0.5) is 0 Å². The van der Waals surface area contributed by atoms with Crippen LogP contribution in [-0.4, -0.2) is 30.2 Å². The Labute approximate surface area is 128 Å². The molecule has 0 fully saturated rings. The van der Waals surface area contributed by atoms with Gasteiger partial charge in [0.1, 0.15) is 11.3 Å². The largest absolute Gasteiger partial charge is 0.504 e. The molecule has 2 N–H and O–H groups in total. The van der Waals surface area contributed by atoms with Crippen LogP contribution in [0.25, 0.3) is 0 Å². The molecule has 0 unspecified atom stereocenters. The average Bonchev–Trinajstić information content (AvgIpc) is 2.53. The van der Waals surface area contributed by atoms with Crippen molar-refractivity contribution in [3.63, 3.8) is 0 Å². The molecule has 0 aliphatic carbocycles. The van der Waals surface area contributed by atoms with Gasteiger partial charge in [0.05, 0.1) is 14.2 Å². The molecule has 2 aromatic rings. The minimum absolute atomic E-state index is 0.0214. The summed E-state index contributed by atoms with van der Waals surface area (Å²) < 4.78 is 10.0. The van der Waals surface area contributed by atoms with Gasteiger partial charge in [-0.2, -0.15) is 0 Å². The number of hydrogen-bond donors (Lipinski definition) is 2. The third-order valence-electron chi connectivity index (χ3n) is 3.39. The molecule has 116 valence electrons. The van der Waals surface area contributed by atoms with Crippen molar-refractivity contribution in [2.24, 2.45) is 0 Å². The number of phenols is 2. The molecule has 0 aliphatic heterocycles. The highest BCUT2D eigenvalue weighted by atomic mass is 16.5. The van der Waals surface area contributed by atoms with Crippen molar-refractivity contribution in [2.45, 2.75) is 12.8 Å². The van der Waals surface area contributed by atoms with Crippen molar-refractivity contribution < 1.29 is 24.5 Å². The average molecular weight is 302 g/mol. The zero-order valence-electron chi connectivity index (χ0n) is 12.5. The number of Topliss-reactive ketones (excluding diaryl/α,β-unsaturated/α-hetero) is 1. The Morgan fingerprint density at radius 2 is 1.77 bits per heavy atom. The Morgan fingerprint density at radius 1 is 1.09 bits per heavy atom. The van der Waals surface area contributed by atoms with Crippen LogP contribution in [0.1, 0.15) is 22.3 Å². The van der Waals surface area contributed by atoms with E-state index in [-0.39, 0.29) is 35.0 Å². The molecule has 0 aromatic heterocycles. The van der Waals surface area contributed by atoms with Crippen molar-refractivity contribution in [1.29, 1.82) is 0 Å². The van der Waals surface area contributed by atoms with Gasteiger partial charge in [0.15, 0.2) is 17.3 Å². The zero-order valence-corrected chi connectivity index (χ0v) is 12.5.